The summed E-state index contributed by atoms with van der Waals surface area (Å²) in [5.74, 6) is 1.99. The topological polar surface area (TPSA) is 41.5 Å². The Morgan fingerprint density at radius 1 is 1.02 bits per heavy atom. The Hall–Kier alpha value is -3.20. The molecule has 0 amide bonds. The number of hydrogen-bond donors (Lipinski definition) is 1. The van der Waals surface area contributed by atoms with Gasteiger partial charge in [0.15, 0.2) is 5.78 Å². The van der Waals surface area contributed by atoms with E-state index in [1.165, 1.54) is 28.7 Å². The first kappa shape index (κ1) is 44.8. The first-order valence-electron chi connectivity index (χ1n) is 19.1. The zero-order valence-electron chi connectivity index (χ0n) is 33.6. The van der Waals surface area contributed by atoms with Gasteiger partial charge in [-0.05, 0) is 124 Å². The maximum absolute atomic E-state index is 12.9. The average Bonchev–Trinajstić information content (AvgIpc) is 3.20. The molecule has 1 N–H and O–H groups in total. The maximum Gasteiger partial charge on any atom is 0.160 e. The number of allylic oxidation sites excluding steroid dienone is 8. The molecule has 0 saturated heterocycles. The number of Topliss-reactive ketones (excluding diaryl/α,β-unsaturated/α-hetero) is 1. The van der Waals surface area contributed by atoms with E-state index in [1.807, 2.05) is 72.9 Å². The third-order valence-electron chi connectivity index (χ3n) is 9.12. The van der Waals surface area contributed by atoms with Crippen molar-refractivity contribution in [1.29, 1.82) is 0 Å². The predicted octanol–water partition coefficient (Wildman–Crippen LogP) is 13.6. The Labute approximate surface area is 297 Å². The van der Waals surface area contributed by atoms with E-state index in [2.05, 4.69) is 77.7 Å². The third-order valence-corrected chi connectivity index (χ3v) is 9.12. The lowest BCUT2D eigenvalue weighted by atomic mass is 9.52. The normalized spacial score (nSPS) is 16.9. The van der Waals surface area contributed by atoms with Crippen molar-refractivity contribution >= 4 is 17.2 Å². The Morgan fingerprint density at radius 2 is 1.65 bits per heavy atom. The van der Waals surface area contributed by atoms with Crippen molar-refractivity contribution in [3.05, 3.63) is 100.0 Å². The van der Waals surface area contributed by atoms with E-state index in [0.29, 0.717) is 6.42 Å². The van der Waals surface area contributed by atoms with E-state index in [0.717, 1.165) is 64.4 Å². The first-order chi connectivity index (χ1) is 23.0. The van der Waals surface area contributed by atoms with E-state index in [1.54, 1.807) is 32.6 Å². The van der Waals surface area contributed by atoms with Gasteiger partial charge in [-0.3, -0.25) is 4.79 Å². The van der Waals surface area contributed by atoms with Gasteiger partial charge in [-0.15, -0.1) is 0 Å². The largest absolute Gasteiger partial charge is 0.344 e. The average molecular weight is 657 g/mol. The number of nitrogens with one attached hydrogen (secondary N) is 1. The van der Waals surface area contributed by atoms with E-state index in [4.69, 9.17) is 4.99 Å². The molecule has 3 nitrogen and oxygen atoms in total. The third kappa shape index (κ3) is 13.7. The highest BCUT2D eigenvalue weighted by Crippen LogP contribution is 2.58. The molecule has 2 aliphatic carbocycles. The van der Waals surface area contributed by atoms with Gasteiger partial charge in [0.1, 0.15) is 5.84 Å². The molecule has 2 saturated carbocycles. The number of aliphatic imine (C=N–C) groups is 1. The van der Waals surface area contributed by atoms with Gasteiger partial charge in [0.25, 0.3) is 0 Å². The lowest BCUT2D eigenvalue weighted by Crippen LogP contribution is -2.41. The molecule has 48 heavy (non-hydrogen) atoms. The van der Waals surface area contributed by atoms with Crippen LogP contribution in [-0.4, -0.2) is 11.6 Å². The molecule has 0 bridgehead atoms. The summed E-state index contributed by atoms with van der Waals surface area (Å²) >= 11 is 0. The summed E-state index contributed by atoms with van der Waals surface area (Å²) in [6.45, 7) is 32.8. The van der Waals surface area contributed by atoms with Gasteiger partial charge in [0, 0.05) is 23.9 Å². The minimum Gasteiger partial charge on any atom is -0.344 e. The second-order valence-electron chi connectivity index (χ2n) is 12.8. The number of ketones is 1. The van der Waals surface area contributed by atoms with Crippen LogP contribution in [0.25, 0.3) is 5.57 Å². The number of benzene rings is 1. The van der Waals surface area contributed by atoms with Crippen molar-refractivity contribution in [3.63, 3.8) is 0 Å². The lowest BCUT2D eigenvalue weighted by molar-refractivity contribution is -0.111. The van der Waals surface area contributed by atoms with Crippen LogP contribution in [0.2, 0.25) is 0 Å². The molecule has 1 spiro atoms. The monoisotopic (exact) mass is 657 g/mol. The molecule has 0 radical (unpaired) electrons. The molecule has 1 aromatic rings. The number of aryl methyl sites for hydroxylation is 2. The molecular formula is C45H72N2O. The molecule has 2 fully saturated rings. The maximum atomic E-state index is 12.9. The molecule has 0 aromatic heterocycles. The van der Waals surface area contributed by atoms with Gasteiger partial charge in [-0.25, -0.2) is 4.99 Å². The van der Waals surface area contributed by atoms with E-state index in [9.17, 15) is 4.79 Å². The smallest absolute Gasteiger partial charge is 0.160 e. The number of carbonyl (C=O) groups is 1. The predicted molar refractivity (Wildman–Crippen MR) is 217 cm³/mol. The van der Waals surface area contributed by atoms with Gasteiger partial charge in [0.2, 0.25) is 0 Å². The number of hydrogen-bond acceptors (Lipinski definition) is 3. The van der Waals surface area contributed by atoms with Crippen molar-refractivity contribution in [3.8, 4) is 0 Å². The SMILES string of the molecule is C=C(/C=C\C(C)=C/C)NC1=NC=C(/C=C(\C(C)=O)c2c(C)cccc2CCC)C(CC)=C(C)C1.CC.CC.CC.CC1CC2(CCC2)C1. The standard InChI is InChI=1S/C31H40N2O.C8H14.3C2H6/c1-9-13-26-15-12-14-22(5)31(26)29(25(8)34)19-27-20-32-30(18-23(6)28(27)11-3)33-24(7)17-16-21(4)10-2;1-7-5-8(6-7)3-2-4-8;3*1-2/h10,12,14-17,19-20H,7,9,11,13,18H2,1-6,8H3,(H,32,33);7H,2-6H2,1H3;3*1-2H3/b17-16-,21-10-,29-19+;;;;. The number of carbonyl (C=O) groups excluding carboxylic acids is 1. The number of rotatable bonds is 9. The van der Waals surface area contributed by atoms with Crippen LogP contribution in [0.1, 0.15) is 158 Å². The van der Waals surface area contributed by atoms with Crippen molar-refractivity contribution in [2.75, 3.05) is 0 Å². The zero-order chi connectivity index (χ0) is 36.9. The number of nitrogens with zero attached hydrogens (tertiary/aromatic N) is 1. The fraction of sp³-hybridized carbons (Fsp3) is 0.556. The van der Waals surface area contributed by atoms with Gasteiger partial charge < -0.3 is 5.32 Å². The Morgan fingerprint density at radius 3 is 2.10 bits per heavy atom. The summed E-state index contributed by atoms with van der Waals surface area (Å²) in [5.41, 5.74) is 10.5. The summed E-state index contributed by atoms with van der Waals surface area (Å²) in [7, 11) is 0. The fourth-order valence-electron chi connectivity index (χ4n) is 6.74. The molecule has 1 heterocycles. The summed E-state index contributed by atoms with van der Waals surface area (Å²) in [4.78, 5) is 17.6. The minimum absolute atomic E-state index is 0.0742. The minimum atomic E-state index is 0.0742. The molecule has 268 valence electrons. The Balaban J connectivity index is 0.00000131. The van der Waals surface area contributed by atoms with Crippen LogP contribution < -0.4 is 5.32 Å². The molecule has 0 atom stereocenters. The van der Waals surface area contributed by atoms with Gasteiger partial charge in [0.05, 0.1) is 0 Å². The van der Waals surface area contributed by atoms with E-state index >= 15 is 0 Å². The van der Waals surface area contributed by atoms with Crippen LogP contribution >= 0.6 is 0 Å². The van der Waals surface area contributed by atoms with Crippen LogP contribution in [0.3, 0.4) is 0 Å². The molecule has 3 heteroatoms. The zero-order valence-corrected chi connectivity index (χ0v) is 33.6. The molecule has 3 aliphatic rings. The van der Waals surface area contributed by atoms with Crippen LogP contribution in [-0.2, 0) is 11.2 Å². The summed E-state index contributed by atoms with van der Waals surface area (Å²) in [6.07, 6.45) is 21.3. The summed E-state index contributed by atoms with van der Waals surface area (Å²) in [5, 5.41) is 3.35. The van der Waals surface area contributed by atoms with Crippen molar-refractivity contribution in [2.24, 2.45) is 16.3 Å². The van der Waals surface area contributed by atoms with Crippen LogP contribution in [0.15, 0.2) is 88.3 Å². The van der Waals surface area contributed by atoms with Crippen LogP contribution in [0.5, 0.6) is 0 Å². The molecule has 1 aliphatic heterocycles. The van der Waals surface area contributed by atoms with Crippen LogP contribution in [0.4, 0.5) is 0 Å². The molecule has 1 aromatic carbocycles. The highest BCUT2D eigenvalue weighted by molar-refractivity contribution is 6.21. The van der Waals surface area contributed by atoms with Gasteiger partial charge >= 0.3 is 0 Å². The summed E-state index contributed by atoms with van der Waals surface area (Å²) < 4.78 is 0. The Bertz CT molecular complexity index is 1330. The fourth-order valence-corrected chi connectivity index (χ4v) is 6.74. The second-order valence-corrected chi connectivity index (χ2v) is 12.8. The Kier molecular flexibility index (Phi) is 22.4. The summed E-state index contributed by atoms with van der Waals surface area (Å²) in [6, 6.07) is 6.30. The first-order valence-corrected chi connectivity index (χ1v) is 19.1. The second kappa shape index (κ2) is 24.0. The van der Waals surface area contributed by atoms with E-state index < -0.39 is 0 Å². The van der Waals surface area contributed by atoms with Gasteiger partial charge in [-0.1, -0.05) is 123 Å². The molecular weight excluding hydrogens is 585 g/mol. The van der Waals surface area contributed by atoms with Crippen molar-refractivity contribution in [2.45, 2.75) is 155 Å². The van der Waals surface area contributed by atoms with Crippen molar-refractivity contribution in [1.82, 2.24) is 5.32 Å². The number of amidine groups is 1. The highest BCUT2D eigenvalue weighted by Gasteiger charge is 2.45. The molecule has 0 unspecified atom stereocenters. The lowest BCUT2D eigenvalue weighted by Gasteiger charge is -2.53. The van der Waals surface area contributed by atoms with Crippen LogP contribution in [0, 0.1) is 18.3 Å². The van der Waals surface area contributed by atoms with Crippen molar-refractivity contribution < 1.29 is 4.79 Å². The van der Waals surface area contributed by atoms with Gasteiger partial charge in [-0.2, -0.15) is 0 Å². The molecule has 4 rings (SSSR count). The quantitative estimate of drug-likeness (QED) is 0.212. The highest BCUT2D eigenvalue weighted by atomic mass is 16.1. The van der Waals surface area contributed by atoms with E-state index in [-0.39, 0.29) is 5.78 Å².